The van der Waals surface area contributed by atoms with E-state index in [9.17, 15) is 14.0 Å². The minimum absolute atomic E-state index is 0.0190. The standard InChI is InChI=1S/C20H16FNO2S/c21-16-8-6-14(7-9-16)12-19(23)22-13-17-10-11-18(25-17)20(24)15-4-2-1-3-5-15/h1-11H,12-13H2,(H,22,23). The summed E-state index contributed by atoms with van der Waals surface area (Å²) in [5.41, 5.74) is 1.40. The van der Waals surface area contributed by atoms with Gasteiger partial charge in [-0.1, -0.05) is 42.5 Å². The number of halogens is 1. The van der Waals surface area contributed by atoms with E-state index < -0.39 is 0 Å². The van der Waals surface area contributed by atoms with Crippen LogP contribution < -0.4 is 5.32 Å². The van der Waals surface area contributed by atoms with Crippen LogP contribution in [0, 0.1) is 5.82 Å². The predicted octanol–water partition coefficient (Wildman–Crippen LogP) is 3.98. The SMILES string of the molecule is O=C(Cc1ccc(F)cc1)NCc1ccc(C(=O)c2ccccc2)s1. The number of thiophene rings is 1. The molecule has 0 aliphatic heterocycles. The van der Waals surface area contributed by atoms with Crippen molar-refractivity contribution < 1.29 is 14.0 Å². The van der Waals surface area contributed by atoms with Gasteiger partial charge in [0.15, 0.2) is 0 Å². The molecule has 1 heterocycles. The lowest BCUT2D eigenvalue weighted by molar-refractivity contribution is -0.120. The highest BCUT2D eigenvalue weighted by Crippen LogP contribution is 2.20. The van der Waals surface area contributed by atoms with E-state index >= 15 is 0 Å². The Bertz CT molecular complexity index is 872. The first-order valence-corrected chi connectivity index (χ1v) is 8.63. The maximum Gasteiger partial charge on any atom is 0.224 e. The molecule has 0 aliphatic rings. The van der Waals surface area contributed by atoms with Crippen molar-refractivity contribution >= 4 is 23.0 Å². The summed E-state index contributed by atoms with van der Waals surface area (Å²) < 4.78 is 12.9. The summed E-state index contributed by atoms with van der Waals surface area (Å²) in [6.07, 6.45) is 0.196. The lowest BCUT2D eigenvalue weighted by Gasteiger charge is -2.04. The highest BCUT2D eigenvalue weighted by Gasteiger charge is 2.12. The van der Waals surface area contributed by atoms with Gasteiger partial charge in [0.05, 0.1) is 17.8 Å². The second-order valence-corrected chi connectivity index (χ2v) is 6.71. The number of rotatable bonds is 6. The van der Waals surface area contributed by atoms with Crippen LogP contribution in [0.15, 0.2) is 66.7 Å². The third-order valence-corrected chi connectivity index (χ3v) is 4.74. The second kappa shape index (κ2) is 7.85. The van der Waals surface area contributed by atoms with Gasteiger partial charge in [0.2, 0.25) is 11.7 Å². The number of carbonyl (C=O) groups is 2. The minimum Gasteiger partial charge on any atom is -0.351 e. The van der Waals surface area contributed by atoms with Crippen LogP contribution in [0.25, 0.3) is 0 Å². The zero-order valence-corrected chi connectivity index (χ0v) is 14.2. The Morgan fingerprint density at radius 3 is 2.36 bits per heavy atom. The zero-order valence-electron chi connectivity index (χ0n) is 13.4. The monoisotopic (exact) mass is 353 g/mol. The van der Waals surface area contributed by atoms with E-state index in [-0.39, 0.29) is 23.9 Å². The quantitative estimate of drug-likeness (QED) is 0.682. The van der Waals surface area contributed by atoms with Gasteiger partial charge >= 0.3 is 0 Å². The highest BCUT2D eigenvalue weighted by molar-refractivity contribution is 7.14. The normalized spacial score (nSPS) is 10.4. The summed E-state index contributed by atoms with van der Waals surface area (Å²) in [4.78, 5) is 25.9. The topological polar surface area (TPSA) is 46.2 Å². The molecule has 0 atom stereocenters. The Labute approximate surface area is 149 Å². The van der Waals surface area contributed by atoms with Crippen molar-refractivity contribution in [2.75, 3.05) is 0 Å². The van der Waals surface area contributed by atoms with E-state index in [0.717, 1.165) is 10.4 Å². The maximum absolute atomic E-state index is 12.9. The molecule has 0 saturated carbocycles. The number of hydrogen-bond donors (Lipinski definition) is 1. The van der Waals surface area contributed by atoms with Crippen molar-refractivity contribution in [2.24, 2.45) is 0 Å². The predicted molar refractivity (Wildman–Crippen MR) is 96.1 cm³/mol. The van der Waals surface area contributed by atoms with E-state index in [1.807, 2.05) is 24.3 Å². The van der Waals surface area contributed by atoms with E-state index in [4.69, 9.17) is 0 Å². The molecule has 0 spiro atoms. The summed E-state index contributed by atoms with van der Waals surface area (Å²) in [6, 6.07) is 18.6. The number of carbonyl (C=O) groups excluding carboxylic acids is 2. The molecule has 3 rings (SSSR count). The summed E-state index contributed by atoms with van der Waals surface area (Å²) in [5.74, 6) is -0.483. The smallest absolute Gasteiger partial charge is 0.224 e. The van der Waals surface area contributed by atoms with Crippen LogP contribution >= 0.6 is 11.3 Å². The summed E-state index contributed by atoms with van der Waals surface area (Å²) in [7, 11) is 0. The Morgan fingerprint density at radius 1 is 0.920 bits per heavy atom. The Kier molecular flexibility index (Phi) is 5.36. The molecular formula is C20H16FNO2S. The molecule has 1 N–H and O–H groups in total. The molecule has 0 aliphatic carbocycles. The largest absolute Gasteiger partial charge is 0.351 e. The lowest BCUT2D eigenvalue weighted by Crippen LogP contribution is -2.24. The molecule has 0 fully saturated rings. The summed E-state index contributed by atoms with van der Waals surface area (Å²) in [5, 5.41) is 2.82. The highest BCUT2D eigenvalue weighted by atomic mass is 32.1. The van der Waals surface area contributed by atoms with Crippen molar-refractivity contribution in [2.45, 2.75) is 13.0 Å². The van der Waals surface area contributed by atoms with Gasteiger partial charge in [-0.2, -0.15) is 0 Å². The molecule has 3 nitrogen and oxygen atoms in total. The van der Waals surface area contributed by atoms with E-state index in [1.54, 1.807) is 30.3 Å². The molecule has 3 aromatic rings. The van der Waals surface area contributed by atoms with E-state index in [1.165, 1.54) is 23.5 Å². The van der Waals surface area contributed by atoms with Crippen molar-refractivity contribution in [3.05, 3.63) is 93.4 Å². The van der Waals surface area contributed by atoms with Gasteiger partial charge in [-0.05, 0) is 29.8 Å². The molecule has 2 aromatic carbocycles. The molecule has 0 bridgehead atoms. The molecule has 0 unspecified atom stereocenters. The van der Waals surface area contributed by atoms with Crippen LogP contribution in [0.2, 0.25) is 0 Å². The fourth-order valence-electron chi connectivity index (χ4n) is 2.36. The third kappa shape index (κ3) is 4.61. The number of amides is 1. The van der Waals surface area contributed by atoms with Gasteiger partial charge in [-0.15, -0.1) is 11.3 Å². The average Bonchev–Trinajstić information content (AvgIpc) is 3.11. The molecule has 1 amide bonds. The first kappa shape index (κ1) is 17.0. The van der Waals surface area contributed by atoms with Gasteiger partial charge in [0.1, 0.15) is 5.82 Å². The average molecular weight is 353 g/mol. The minimum atomic E-state index is -0.321. The van der Waals surface area contributed by atoms with Crippen molar-refractivity contribution in [1.29, 1.82) is 0 Å². The summed E-state index contributed by atoms with van der Waals surface area (Å²) >= 11 is 1.37. The van der Waals surface area contributed by atoms with Crippen molar-refractivity contribution in [3.63, 3.8) is 0 Å². The van der Waals surface area contributed by atoms with Gasteiger partial charge in [0, 0.05) is 10.4 Å². The van der Waals surface area contributed by atoms with Crippen molar-refractivity contribution in [3.8, 4) is 0 Å². The lowest BCUT2D eigenvalue weighted by atomic mass is 10.1. The zero-order chi connectivity index (χ0) is 17.6. The van der Waals surface area contributed by atoms with Gasteiger partial charge in [-0.25, -0.2) is 4.39 Å². The Hall–Kier alpha value is -2.79. The molecule has 5 heteroatoms. The van der Waals surface area contributed by atoms with E-state index in [2.05, 4.69) is 5.32 Å². The van der Waals surface area contributed by atoms with Crippen LogP contribution in [0.5, 0.6) is 0 Å². The molecule has 126 valence electrons. The first-order chi connectivity index (χ1) is 12.1. The van der Waals surface area contributed by atoms with E-state index in [0.29, 0.717) is 17.0 Å². The van der Waals surface area contributed by atoms with Gasteiger partial charge in [-0.3, -0.25) is 9.59 Å². The number of hydrogen-bond acceptors (Lipinski definition) is 3. The first-order valence-electron chi connectivity index (χ1n) is 7.81. The second-order valence-electron chi connectivity index (χ2n) is 5.54. The third-order valence-electron chi connectivity index (χ3n) is 3.66. The molecule has 0 radical (unpaired) electrons. The number of ketones is 1. The van der Waals surface area contributed by atoms with Crippen LogP contribution in [-0.4, -0.2) is 11.7 Å². The van der Waals surface area contributed by atoms with Gasteiger partial charge < -0.3 is 5.32 Å². The summed E-state index contributed by atoms with van der Waals surface area (Å²) in [6.45, 7) is 0.368. The molecule has 25 heavy (non-hydrogen) atoms. The molecule has 0 saturated heterocycles. The molecular weight excluding hydrogens is 337 g/mol. The fraction of sp³-hybridized carbons (Fsp3) is 0.100. The van der Waals surface area contributed by atoms with Crippen molar-refractivity contribution in [1.82, 2.24) is 5.32 Å². The van der Waals surface area contributed by atoms with Crippen LogP contribution in [-0.2, 0) is 17.8 Å². The van der Waals surface area contributed by atoms with Crippen LogP contribution in [0.1, 0.15) is 25.7 Å². The number of benzene rings is 2. The molecule has 1 aromatic heterocycles. The Morgan fingerprint density at radius 2 is 1.64 bits per heavy atom. The van der Waals surface area contributed by atoms with Crippen LogP contribution in [0.4, 0.5) is 4.39 Å². The van der Waals surface area contributed by atoms with Gasteiger partial charge in [0.25, 0.3) is 0 Å². The number of nitrogens with one attached hydrogen (secondary N) is 1. The maximum atomic E-state index is 12.9. The Balaban J connectivity index is 1.55. The van der Waals surface area contributed by atoms with Crippen LogP contribution in [0.3, 0.4) is 0 Å². The fourth-order valence-corrected chi connectivity index (χ4v) is 3.27.